The summed E-state index contributed by atoms with van der Waals surface area (Å²) < 4.78 is 0. The van der Waals surface area contributed by atoms with Crippen molar-refractivity contribution in [3.63, 3.8) is 0 Å². The van der Waals surface area contributed by atoms with Crippen LogP contribution in [0.4, 0.5) is 0 Å². The number of amides is 1. The number of nitrogens with one attached hydrogen (secondary N) is 2. The average Bonchev–Trinajstić information content (AvgIpc) is 2.91. The molecule has 3 heterocycles. The molecule has 0 spiro atoms. The number of aromatic nitrogens is 2. The fourth-order valence-corrected chi connectivity index (χ4v) is 5.56. The lowest BCUT2D eigenvalue weighted by Crippen LogP contribution is -2.45. The molecule has 6 nitrogen and oxygen atoms in total. The number of aryl methyl sites for hydroxylation is 1. The molecule has 1 aliphatic heterocycles. The first kappa shape index (κ1) is 23.9. The number of pyridine rings is 2. The van der Waals surface area contributed by atoms with Gasteiger partial charge in [0.25, 0.3) is 5.91 Å². The number of carbonyl (C=O) groups is 1. The van der Waals surface area contributed by atoms with Crippen molar-refractivity contribution >= 4 is 17.5 Å². The second kappa shape index (κ2) is 11.3. The number of hydrogen-bond donors (Lipinski definition) is 2. The van der Waals surface area contributed by atoms with Crippen molar-refractivity contribution in [3.05, 3.63) is 94.0 Å². The summed E-state index contributed by atoms with van der Waals surface area (Å²) in [6.07, 6.45) is 10.8. The summed E-state index contributed by atoms with van der Waals surface area (Å²) in [7, 11) is 0. The third-order valence-electron chi connectivity index (χ3n) is 7.20. The van der Waals surface area contributed by atoms with Crippen molar-refractivity contribution in [2.24, 2.45) is 0 Å². The van der Waals surface area contributed by atoms with Crippen LogP contribution in [0.15, 0.2) is 61.1 Å². The molecule has 2 N–H and O–H groups in total. The number of carbonyl (C=O) groups excluding carboxylic acids is 1. The Kier molecular flexibility index (Phi) is 7.72. The first-order valence-electron chi connectivity index (χ1n) is 12.5. The molecule has 1 aliphatic carbocycles. The Morgan fingerprint density at radius 1 is 1.06 bits per heavy atom. The zero-order chi connectivity index (χ0) is 24.0. The van der Waals surface area contributed by atoms with Gasteiger partial charge >= 0.3 is 0 Å². The number of rotatable bonds is 7. The average molecular weight is 490 g/mol. The van der Waals surface area contributed by atoms with Crippen LogP contribution in [0.25, 0.3) is 0 Å². The third kappa shape index (κ3) is 5.72. The van der Waals surface area contributed by atoms with Crippen LogP contribution < -0.4 is 10.6 Å². The van der Waals surface area contributed by atoms with Gasteiger partial charge in [0.05, 0.1) is 22.3 Å². The molecule has 0 bridgehead atoms. The predicted molar refractivity (Wildman–Crippen MR) is 138 cm³/mol. The van der Waals surface area contributed by atoms with Crippen LogP contribution >= 0.6 is 11.6 Å². The Morgan fingerprint density at radius 2 is 1.86 bits per heavy atom. The van der Waals surface area contributed by atoms with Gasteiger partial charge in [0.1, 0.15) is 0 Å². The molecule has 2 aromatic heterocycles. The summed E-state index contributed by atoms with van der Waals surface area (Å²) in [5.74, 6) is -0.193. The fourth-order valence-electron chi connectivity index (χ4n) is 5.35. The summed E-state index contributed by atoms with van der Waals surface area (Å²) >= 11 is 6.09. The van der Waals surface area contributed by atoms with Crippen molar-refractivity contribution in [1.82, 2.24) is 25.5 Å². The molecule has 1 amide bonds. The van der Waals surface area contributed by atoms with Crippen LogP contribution in [0.3, 0.4) is 0 Å². The first-order chi connectivity index (χ1) is 17.2. The van der Waals surface area contributed by atoms with E-state index >= 15 is 0 Å². The van der Waals surface area contributed by atoms with Gasteiger partial charge in [0.15, 0.2) is 0 Å². The number of hydrogen-bond acceptors (Lipinski definition) is 5. The molecular weight excluding hydrogens is 458 g/mol. The molecule has 0 saturated carbocycles. The maximum absolute atomic E-state index is 12.5. The Bertz CT molecular complexity index is 1150. The number of benzene rings is 1. The van der Waals surface area contributed by atoms with E-state index in [9.17, 15) is 4.79 Å². The molecule has 3 aromatic rings. The van der Waals surface area contributed by atoms with Crippen LogP contribution in [0.2, 0.25) is 5.02 Å². The van der Waals surface area contributed by atoms with Crippen LogP contribution in [0.1, 0.15) is 64.5 Å². The van der Waals surface area contributed by atoms with Gasteiger partial charge in [-0.1, -0.05) is 41.9 Å². The van der Waals surface area contributed by atoms with Crippen LogP contribution in [-0.4, -0.2) is 39.9 Å². The fraction of sp³-hybridized carbons (Fsp3) is 0.393. The van der Waals surface area contributed by atoms with Crippen molar-refractivity contribution in [1.29, 1.82) is 0 Å². The van der Waals surface area contributed by atoms with Gasteiger partial charge in [0.2, 0.25) is 0 Å². The maximum atomic E-state index is 12.5. The second-order valence-electron chi connectivity index (χ2n) is 9.46. The van der Waals surface area contributed by atoms with Gasteiger partial charge in [-0.2, -0.15) is 0 Å². The molecule has 1 unspecified atom stereocenters. The molecule has 2 aliphatic rings. The lowest BCUT2D eigenvalue weighted by Gasteiger charge is -2.42. The Labute approximate surface area is 212 Å². The minimum atomic E-state index is -0.193. The van der Waals surface area contributed by atoms with Gasteiger partial charge in [-0.3, -0.25) is 19.7 Å². The summed E-state index contributed by atoms with van der Waals surface area (Å²) in [6.45, 7) is 3.51. The van der Waals surface area contributed by atoms with Crippen molar-refractivity contribution in [3.8, 4) is 0 Å². The maximum Gasteiger partial charge on any atom is 0.253 e. The topological polar surface area (TPSA) is 70.2 Å². The Morgan fingerprint density at radius 3 is 2.66 bits per heavy atom. The summed E-state index contributed by atoms with van der Waals surface area (Å²) in [5, 5.41) is 6.83. The van der Waals surface area contributed by atoms with E-state index < -0.39 is 0 Å². The molecule has 1 atom stereocenters. The highest BCUT2D eigenvalue weighted by molar-refractivity contribution is 6.33. The number of nitrogens with zero attached hydrogens (tertiary/aromatic N) is 3. The van der Waals surface area contributed by atoms with Gasteiger partial charge in [0, 0.05) is 37.7 Å². The van der Waals surface area contributed by atoms with E-state index in [2.05, 4.69) is 56.9 Å². The Hall–Kier alpha value is -2.80. The molecule has 7 heteroatoms. The van der Waals surface area contributed by atoms with E-state index in [0.29, 0.717) is 29.2 Å². The van der Waals surface area contributed by atoms with Gasteiger partial charge in [-0.15, -0.1) is 0 Å². The van der Waals surface area contributed by atoms with Crippen LogP contribution in [0, 0.1) is 0 Å². The van der Waals surface area contributed by atoms with Crippen molar-refractivity contribution in [2.75, 3.05) is 13.1 Å². The van der Waals surface area contributed by atoms with Gasteiger partial charge in [-0.25, -0.2) is 0 Å². The van der Waals surface area contributed by atoms with E-state index in [1.54, 1.807) is 12.3 Å². The zero-order valence-corrected chi connectivity index (χ0v) is 20.7. The lowest BCUT2D eigenvalue weighted by atomic mass is 9.88. The highest BCUT2D eigenvalue weighted by Gasteiger charge is 2.32. The van der Waals surface area contributed by atoms with Crippen LogP contribution in [-0.2, 0) is 19.5 Å². The van der Waals surface area contributed by atoms with Crippen molar-refractivity contribution < 1.29 is 4.79 Å². The lowest BCUT2D eigenvalue weighted by molar-refractivity contribution is 0.0861. The number of fused-ring (bicyclic) bond motifs is 1. The molecule has 35 heavy (non-hydrogen) atoms. The highest BCUT2D eigenvalue weighted by atomic mass is 35.5. The van der Waals surface area contributed by atoms with E-state index in [0.717, 1.165) is 38.0 Å². The molecule has 182 valence electrons. The number of halogens is 1. The summed E-state index contributed by atoms with van der Waals surface area (Å²) in [4.78, 5) is 23.9. The SMILES string of the molecule is O=C(NCc1ccc(CN(C2CCNCC2)C2CCCc3cccnc32)cc1)c1ccncc1Cl. The molecular formula is C28H32ClN5O. The van der Waals surface area contributed by atoms with E-state index in [1.807, 2.05) is 6.20 Å². The summed E-state index contributed by atoms with van der Waals surface area (Å²) in [5.41, 5.74) is 5.47. The standard InChI is InChI=1S/C28H32ClN5O/c29-25-18-31-16-12-24(25)28(35)33-17-20-6-8-21(9-7-20)19-34(23-10-14-30-15-11-23)26-5-1-3-22-4-2-13-32-27(22)26/h2,4,6-9,12-13,16,18,23,26,30H,1,3,5,10-11,14-15,17,19H2,(H,33,35). The van der Waals surface area contributed by atoms with Crippen molar-refractivity contribution in [2.45, 2.75) is 57.3 Å². The summed E-state index contributed by atoms with van der Waals surface area (Å²) in [6, 6.07) is 15.5. The second-order valence-corrected chi connectivity index (χ2v) is 9.87. The van der Waals surface area contributed by atoms with E-state index in [4.69, 9.17) is 16.6 Å². The van der Waals surface area contributed by atoms with E-state index in [1.165, 1.54) is 42.3 Å². The molecule has 0 radical (unpaired) electrons. The molecule has 1 saturated heterocycles. The molecule has 5 rings (SSSR count). The third-order valence-corrected chi connectivity index (χ3v) is 7.50. The predicted octanol–water partition coefficient (Wildman–Crippen LogP) is 4.69. The normalized spacial score (nSPS) is 18.3. The highest BCUT2D eigenvalue weighted by Crippen LogP contribution is 2.36. The first-order valence-corrected chi connectivity index (χ1v) is 12.9. The minimum Gasteiger partial charge on any atom is -0.348 e. The molecule has 1 fully saturated rings. The minimum absolute atomic E-state index is 0.193. The molecule has 1 aromatic carbocycles. The van der Waals surface area contributed by atoms with E-state index in [-0.39, 0.29) is 5.91 Å². The zero-order valence-electron chi connectivity index (χ0n) is 19.9. The Balaban J connectivity index is 1.28. The largest absolute Gasteiger partial charge is 0.348 e. The van der Waals surface area contributed by atoms with Crippen LogP contribution in [0.5, 0.6) is 0 Å². The van der Waals surface area contributed by atoms with Gasteiger partial charge < -0.3 is 10.6 Å². The monoisotopic (exact) mass is 489 g/mol. The quantitative estimate of drug-likeness (QED) is 0.503. The van der Waals surface area contributed by atoms with Gasteiger partial charge in [-0.05, 0) is 74.0 Å². The smallest absolute Gasteiger partial charge is 0.253 e. The number of piperidine rings is 1.